The van der Waals surface area contributed by atoms with E-state index in [1.807, 2.05) is 39.0 Å². The maximum atomic E-state index is 13.5. The van der Waals surface area contributed by atoms with Crippen LogP contribution in [-0.2, 0) is 9.59 Å². The van der Waals surface area contributed by atoms with Gasteiger partial charge >= 0.3 is 0 Å². The average molecular weight is 435 g/mol. The Hall–Kier alpha value is -3.44. The van der Waals surface area contributed by atoms with Crippen molar-refractivity contribution in [2.24, 2.45) is 0 Å². The van der Waals surface area contributed by atoms with Crippen LogP contribution in [0.1, 0.15) is 22.3 Å². The third kappa shape index (κ3) is 3.84. The second-order valence-electron chi connectivity index (χ2n) is 7.58. The molecule has 0 bridgehead atoms. The van der Waals surface area contributed by atoms with Gasteiger partial charge in [-0.25, -0.2) is 9.29 Å². The van der Waals surface area contributed by atoms with Gasteiger partial charge in [0.15, 0.2) is 0 Å². The molecule has 156 valence electrons. The van der Waals surface area contributed by atoms with Crippen molar-refractivity contribution in [1.29, 1.82) is 0 Å². The highest BCUT2D eigenvalue weighted by molar-refractivity contribution is 6.46. The molecular formula is C25H20ClFN2O2. The zero-order valence-corrected chi connectivity index (χ0v) is 18.0. The van der Waals surface area contributed by atoms with Crippen LogP contribution in [0.3, 0.4) is 0 Å². The number of halogens is 2. The van der Waals surface area contributed by atoms with Gasteiger partial charge in [-0.2, -0.15) is 0 Å². The van der Waals surface area contributed by atoms with Crippen molar-refractivity contribution in [2.75, 3.05) is 10.2 Å². The predicted molar refractivity (Wildman–Crippen MR) is 122 cm³/mol. The average Bonchev–Trinajstić information content (AvgIpc) is 2.97. The maximum absolute atomic E-state index is 13.5. The maximum Gasteiger partial charge on any atom is 0.282 e. The van der Waals surface area contributed by atoms with Crippen molar-refractivity contribution in [3.05, 3.63) is 99.5 Å². The molecule has 0 fully saturated rings. The number of carbonyl (C=O) groups excluding carboxylic acids is 2. The Morgan fingerprint density at radius 2 is 1.52 bits per heavy atom. The second-order valence-corrected chi connectivity index (χ2v) is 7.99. The van der Waals surface area contributed by atoms with E-state index in [4.69, 9.17) is 11.6 Å². The van der Waals surface area contributed by atoms with Crippen molar-refractivity contribution >= 4 is 40.4 Å². The lowest BCUT2D eigenvalue weighted by molar-refractivity contribution is -0.120. The summed E-state index contributed by atoms with van der Waals surface area (Å²) in [4.78, 5) is 28.1. The van der Waals surface area contributed by atoms with Gasteiger partial charge in [-0.15, -0.1) is 0 Å². The molecule has 3 aromatic carbocycles. The highest BCUT2D eigenvalue weighted by Gasteiger charge is 2.40. The van der Waals surface area contributed by atoms with Crippen LogP contribution in [0.25, 0.3) is 5.57 Å². The van der Waals surface area contributed by atoms with Crippen LogP contribution in [0, 0.1) is 26.6 Å². The van der Waals surface area contributed by atoms with Gasteiger partial charge in [0.2, 0.25) is 0 Å². The Bertz CT molecular complexity index is 1250. The summed E-state index contributed by atoms with van der Waals surface area (Å²) in [6.45, 7) is 5.62. The van der Waals surface area contributed by atoms with Crippen molar-refractivity contribution in [2.45, 2.75) is 20.8 Å². The van der Waals surface area contributed by atoms with Crippen molar-refractivity contribution in [3.63, 3.8) is 0 Å². The molecule has 1 N–H and O–H groups in total. The standard InChI is InChI=1S/C25H20ClFN2O2/c1-14-4-5-16(3)21(12-14)29-24(30)22(17-7-9-18(27)10-8-17)23(25(29)31)28-19-11-6-15(2)20(26)13-19/h4-13,28H,1-3H3. The lowest BCUT2D eigenvalue weighted by Crippen LogP contribution is -2.33. The number of nitrogens with one attached hydrogen (secondary N) is 1. The molecule has 4 nitrogen and oxygen atoms in total. The summed E-state index contributed by atoms with van der Waals surface area (Å²) in [6.07, 6.45) is 0. The van der Waals surface area contributed by atoms with Crippen LogP contribution >= 0.6 is 11.6 Å². The summed E-state index contributed by atoms with van der Waals surface area (Å²) in [6, 6.07) is 16.4. The van der Waals surface area contributed by atoms with Crippen LogP contribution in [-0.4, -0.2) is 11.8 Å². The number of benzene rings is 3. The molecular weight excluding hydrogens is 415 g/mol. The van der Waals surface area contributed by atoms with Crippen LogP contribution in [0.15, 0.2) is 66.4 Å². The molecule has 0 aromatic heterocycles. The number of amides is 2. The van der Waals surface area contributed by atoms with Gasteiger partial charge in [-0.3, -0.25) is 9.59 Å². The molecule has 1 heterocycles. The Labute approximate surface area is 185 Å². The quantitative estimate of drug-likeness (QED) is 0.528. The fraction of sp³-hybridized carbons (Fsp3) is 0.120. The van der Waals surface area contributed by atoms with Gasteiger partial charge in [0, 0.05) is 10.7 Å². The number of anilines is 2. The van der Waals surface area contributed by atoms with E-state index in [1.54, 1.807) is 18.2 Å². The molecule has 0 spiro atoms. The summed E-state index contributed by atoms with van der Waals surface area (Å²) in [5.41, 5.74) is 4.48. The van der Waals surface area contributed by atoms with E-state index in [9.17, 15) is 14.0 Å². The number of rotatable bonds is 4. The van der Waals surface area contributed by atoms with E-state index in [-0.39, 0.29) is 11.3 Å². The van der Waals surface area contributed by atoms with Gasteiger partial charge in [-0.05, 0) is 73.4 Å². The summed E-state index contributed by atoms with van der Waals surface area (Å²) >= 11 is 6.24. The lowest BCUT2D eigenvalue weighted by Gasteiger charge is -2.18. The molecule has 0 radical (unpaired) electrons. The number of nitrogens with zero attached hydrogens (tertiary/aromatic N) is 1. The highest BCUT2D eigenvalue weighted by Crippen LogP contribution is 2.36. The first-order valence-electron chi connectivity index (χ1n) is 9.75. The first kappa shape index (κ1) is 20.8. The molecule has 6 heteroatoms. The smallest absolute Gasteiger partial charge is 0.282 e. The zero-order chi connectivity index (χ0) is 22.3. The third-order valence-corrected chi connectivity index (χ3v) is 5.67. The molecule has 0 atom stereocenters. The fourth-order valence-corrected chi connectivity index (χ4v) is 3.70. The van der Waals surface area contributed by atoms with E-state index in [1.165, 1.54) is 29.2 Å². The molecule has 0 aliphatic carbocycles. The summed E-state index contributed by atoms with van der Waals surface area (Å²) in [5, 5.41) is 3.61. The molecule has 1 aliphatic heterocycles. The highest BCUT2D eigenvalue weighted by atomic mass is 35.5. The van der Waals surface area contributed by atoms with E-state index in [0.717, 1.165) is 16.7 Å². The third-order valence-electron chi connectivity index (χ3n) is 5.26. The topological polar surface area (TPSA) is 49.4 Å². The van der Waals surface area contributed by atoms with Gasteiger partial charge in [-0.1, -0.05) is 41.9 Å². The zero-order valence-electron chi connectivity index (χ0n) is 17.3. The molecule has 1 aliphatic rings. The molecule has 2 amide bonds. The summed E-state index contributed by atoms with van der Waals surface area (Å²) in [5.74, 6) is -1.37. The van der Waals surface area contributed by atoms with Gasteiger partial charge in [0.25, 0.3) is 11.8 Å². The molecule has 4 rings (SSSR count). The van der Waals surface area contributed by atoms with Crippen LogP contribution in [0.5, 0.6) is 0 Å². The summed E-state index contributed by atoms with van der Waals surface area (Å²) < 4.78 is 13.5. The lowest BCUT2D eigenvalue weighted by atomic mass is 10.0. The number of carbonyl (C=O) groups is 2. The Kier molecular flexibility index (Phi) is 5.38. The van der Waals surface area contributed by atoms with E-state index in [2.05, 4.69) is 5.32 Å². The van der Waals surface area contributed by atoms with Gasteiger partial charge in [0.05, 0.1) is 11.3 Å². The monoisotopic (exact) mass is 434 g/mol. The minimum atomic E-state index is -0.477. The number of aryl methyl sites for hydroxylation is 3. The molecule has 0 unspecified atom stereocenters. The Morgan fingerprint density at radius 3 is 2.19 bits per heavy atom. The largest absolute Gasteiger partial charge is 0.350 e. The Balaban J connectivity index is 1.85. The number of imide groups is 1. The minimum absolute atomic E-state index is 0.123. The van der Waals surface area contributed by atoms with Gasteiger partial charge in [0.1, 0.15) is 11.5 Å². The Morgan fingerprint density at radius 1 is 0.839 bits per heavy atom. The fourth-order valence-electron chi connectivity index (χ4n) is 3.52. The second kappa shape index (κ2) is 8.00. The minimum Gasteiger partial charge on any atom is -0.350 e. The first-order chi connectivity index (χ1) is 14.8. The van der Waals surface area contributed by atoms with E-state index < -0.39 is 17.6 Å². The number of hydrogen-bond donors (Lipinski definition) is 1. The van der Waals surface area contributed by atoms with E-state index in [0.29, 0.717) is 22.0 Å². The first-order valence-corrected chi connectivity index (χ1v) is 10.1. The van der Waals surface area contributed by atoms with Crippen LogP contribution < -0.4 is 10.2 Å². The van der Waals surface area contributed by atoms with Gasteiger partial charge < -0.3 is 5.32 Å². The van der Waals surface area contributed by atoms with Crippen LogP contribution in [0.2, 0.25) is 5.02 Å². The van der Waals surface area contributed by atoms with E-state index >= 15 is 0 Å². The van der Waals surface area contributed by atoms with Crippen molar-refractivity contribution < 1.29 is 14.0 Å². The summed E-state index contributed by atoms with van der Waals surface area (Å²) in [7, 11) is 0. The van der Waals surface area contributed by atoms with Crippen molar-refractivity contribution in [1.82, 2.24) is 0 Å². The van der Waals surface area contributed by atoms with Crippen molar-refractivity contribution in [3.8, 4) is 0 Å². The molecule has 3 aromatic rings. The normalized spacial score (nSPS) is 13.9. The predicted octanol–water partition coefficient (Wildman–Crippen LogP) is 5.80. The number of hydrogen-bond acceptors (Lipinski definition) is 3. The van der Waals surface area contributed by atoms with Crippen LogP contribution in [0.4, 0.5) is 15.8 Å². The molecule has 0 saturated carbocycles. The molecule has 31 heavy (non-hydrogen) atoms. The SMILES string of the molecule is Cc1ccc(C)c(N2C(=O)C(Nc3ccc(C)c(Cl)c3)=C(c3ccc(F)cc3)C2=O)c1. The molecule has 0 saturated heterocycles.